The number of benzene rings is 9. The summed E-state index contributed by atoms with van der Waals surface area (Å²) in [5.74, 6) is 0. The second-order valence-corrected chi connectivity index (χ2v) is 29.0. The molecule has 11 aromatic rings. The van der Waals surface area contributed by atoms with Crippen LogP contribution in [0.4, 0.5) is 0 Å². The van der Waals surface area contributed by atoms with Gasteiger partial charge in [-0.3, -0.25) is 0 Å². The van der Waals surface area contributed by atoms with Crippen molar-refractivity contribution in [2.75, 3.05) is 0 Å². The van der Waals surface area contributed by atoms with E-state index < -0.39 is 5.41 Å². The van der Waals surface area contributed by atoms with E-state index in [0.29, 0.717) is 0 Å². The molecule has 0 bridgehead atoms. The first-order chi connectivity index (χ1) is 36.6. The van der Waals surface area contributed by atoms with E-state index in [4.69, 9.17) is 0 Å². The minimum atomic E-state index is -0.607. The Labute approximate surface area is 456 Å². The van der Waals surface area contributed by atoms with E-state index in [1.807, 2.05) is 0 Å². The highest BCUT2D eigenvalue weighted by atomic mass is 15.1. The Balaban J connectivity index is 1.23. The van der Waals surface area contributed by atoms with Crippen molar-refractivity contribution in [3.8, 4) is 33.6 Å². The number of aryl methyl sites for hydroxylation is 1. The van der Waals surface area contributed by atoms with Crippen LogP contribution in [0.5, 0.6) is 0 Å². The standard InChI is InChI=1S/C74H71BN2/c1-42-26-28-49(48-21-15-14-20-47(42)48)56-37-60-69-64-68(56)76-63-29-27-43(38-70(2,3)4)30-52(63)53-32-45(40-72(8,9)10)35-61(66(53)76)75(64)62-36-46(41-73(11,12)13)33-55-54-31-44(39-71(5,6)7)34-59(65(54)77(69)67(55)62)74(60)57-24-18-16-22-50(57)51-23-17-19-25-58(51)74/h14-37H,38-41H2,1-13H3. The van der Waals surface area contributed by atoms with E-state index in [1.54, 1.807) is 0 Å². The van der Waals surface area contributed by atoms with E-state index in [2.05, 4.69) is 245 Å². The van der Waals surface area contributed by atoms with E-state index >= 15 is 0 Å². The van der Waals surface area contributed by atoms with Crippen LogP contribution >= 0.6 is 0 Å². The van der Waals surface area contributed by atoms with Crippen LogP contribution < -0.4 is 16.4 Å². The lowest BCUT2D eigenvalue weighted by Crippen LogP contribution is -2.61. The predicted molar refractivity (Wildman–Crippen MR) is 331 cm³/mol. The number of nitrogens with zero attached hydrogens (tertiary/aromatic N) is 2. The molecule has 0 saturated carbocycles. The van der Waals surface area contributed by atoms with Crippen LogP contribution in [-0.4, -0.2) is 15.8 Å². The van der Waals surface area contributed by atoms with Crippen LogP contribution in [0.3, 0.4) is 0 Å². The molecule has 9 aromatic carbocycles. The number of hydrogen-bond donors (Lipinski definition) is 0. The van der Waals surface area contributed by atoms with Gasteiger partial charge in [-0.05, 0) is 185 Å². The average molecular weight is 999 g/mol. The molecular formula is C74H71BN2. The van der Waals surface area contributed by atoms with Crippen LogP contribution in [0, 0.1) is 28.6 Å². The molecule has 0 amide bonds. The van der Waals surface area contributed by atoms with Crippen LogP contribution in [-0.2, 0) is 31.1 Å². The van der Waals surface area contributed by atoms with Gasteiger partial charge in [0, 0.05) is 43.8 Å². The van der Waals surface area contributed by atoms with E-state index in [-0.39, 0.29) is 28.4 Å². The molecule has 1 spiro atoms. The minimum absolute atomic E-state index is 0.0255. The fourth-order valence-corrected chi connectivity index (χ4v) is 15.8. The molecule has 0 unspecified atom stereocenters. The van der Waals surface area contributed by atoms with Gasteiger partial charge in [-0.2, -0.15) is 0 Å². The number of hydrogen-bond acceptors (Lipinski definition) is 0. The topological polar surface area (TPSA) is 9.86 Å². The van der Waals surface area contributed by atoms with E-state index in [1.165, 1.54) is 154 Å². The first-order valence-electron chi connectivity index (χ1n) is 28.7. The Hall–Kier alpha value is -7.10. The monoisotopic (exact) mass is 999 g/mol. The molecule has 380 valence electrons. The predicted octanol–water partition coefficient (Wildman–Crippen LogP) is 17.2. The molecule has 0 N–H and O–H groups in total. The lowest BCUT2D eigenvalue weighted by atomic mass is 9.33. The zero-order valence-electron chi connectivity index (χ0n) is 47.7. The first-order valence-corrected chi connectivity index (χ1v) is 28.7. The van der Waals surface area contributed by atoms with Crippen molar-refractivity contribution in [1.29, 1.82) is 0 Å². The molecule has 3 heteroatoms. The highest BCUT2D eigenvalue weighted by molar-refractivity contribution is 7.00. The SMILES string of the molecule is Cc1ccc(-c2cc3c4c5c2-n2c6ccc(CC(C)(C)C)cc6c6cc(CC(C)(C)C)cc(c62)B5c2cc(CC(C)(C)C)cc5c6cc(CC(C)(C)C)cc(c6n-4c25)C32c3ccccc3-c3ccccc32)c2ccccc12. The Kier molecular flexibility index (Phi) is 9.39. The Morgan fingerprint density at radius 3 is 1.45 bits per heavy atom. The van der Waals surface area contributed by atoms with Crippen LogP contribution in [0.25, 0.3) is 88.0 Å². The van der Waals surface area contributed by atoms with Gasteiger partial charge in [0.05, 0.1) is 22.1 Å². The summed E-state index contributed by atoms with van der Waals surface area (Å²) in [5, 5.41) is 8.16. The molecule has 5 heterocycles. The van der Waals surface area contributed by atoms with Crippen molar-refractivity contribution in [3.05, 3.63) is 196 Å². The number of fused-ring (bicyclic) bond motifs is 15. The summed E-state index contributed by atoms with van der Waals surface area (Å²) >= 11 is 0. The van der Waals surface area contributed by atoms with Gasteiger partial charge in [0.2, 0.25) is 0 Å². The highest BCUT2D eigenvalue weighted by Gasteiger charge is 2.55. The third-order valence-electron chi connectivity index (χ3n) is 17.9. The van der Waals surface area contributed by atoms with Gasteiger partial charge in [0.25, 0.3) is 6.71 Å². The molecule has 2 aromatic heterocycles. The summed E-state index contributed by atoms with van der Waals surface area (Å²) in [6, 6.07) is 59.2. The summed E-state index contributed by atoms with van der Waals surface area (Å²) in [7, 11) is 0. The molecule has 2 nitrogen and oxygen atoms in total. The van der Waals surface area contributed by atoms with Crippen molar-refractivity contribution in [3.63, 3.8) is 0 Å². The van der Waals surface area contributed by atoms with Gasteiger partial charge in [-0.1, -0.05) is 192 Å². The van der Waals surface area contributed by atoms with Crippen molar-refractivity contribution in [1.82, 2.24) is 9.13 Å². The third-order valence-corrected chi connectivity index (χ3v) is 17.9. The normalized spacial score (nSPS) is 14.8. The highest BCUT2D eigenvalue weighted by Crippen LogP contribution is 2.63. The van der Waals surface area contributed by atoms with Gasteiger partial charge in [0.1, 0.15) is 0 Å². The summed E-state index contributed by atoms with van der Waals surface area (Å²) in [6.07, 6.45) is 3.98. The molecule has 4 aliphatic rings. The summed E-state index contributed by atoms with van der Waals surface area (Å²) in [4.78, 5) is 0. The van der Waals surface area contributed by atoms with Crippen LogP contribution in [0.1, 0.15) is 133 Å². The molecule has 15 rings (SSSR count). The third kappa shape index (κ3) is 6.62. The van der Waals surface area contributed by atoms with Crippen LogP contribution in [0.2, 0.25) is 0 Å². The van der Waals surface area contributed by atoms with Gasteiger partial charge in [-0.25, -0.2) is 0 Å². The zero-order valence-corrected chi connectivity index (χ0v) is 47.7. The maximum Gasteiger partial charge on any atom is 0.252 e. The van der Waals surface area contributed by atoms with Crippen LogP contribution in [0.15, 0.2) is 146 Å². The number of aromatic nitrogens is 2. The quantitative estimate of drug-likeness (QED) is 0.152. The fraction of sp³-hybridized carbons (Fsp3) is 0.297. The molecule has 1 aliphatic carbocycles. The smallest absolute Gasteiger partial charge is 0.252 e. The van der Waals surface area contributed by atoms with E-state index in [0.717, 1.165) is 25.7 Å². The molecular weight excluding hydrogens is 928 g/mol. The molecule has 0 fully saturated rings. The Morgan fingerprint density at radius 2 is 0.857 bits per heavy atom. The summed E-state index contributed by atoms with van der Waals surface area (Å²) < 4.78 is 5.62. The van der Waals surface area contributed by atoms with Crippen molar-refractivity contribution in [2.45, 2.75) is 121 Å². The maximum atomic E-state index is 2.84. The van der Waals surface area contributed by atoms with Gasteiger partial charge in [-0.15, -0.1) is 0 Å². The van der Waals surface area contributed by atoms with Gasteiger partial charge < -0.3 is 9.13 Å². The molecule has 0 saturated heterocycles. The van der Waals surface area contributed by atoms with Gasteiger partial charge in [0.15, 0.2) is 0 Å². The zero-order chi connectivity index (χ0) is 53.2. The molecule has 0 radical (unpaired) electrons. The average Bonchev–Trinajstić information content (AvgIpc) is 4.18. The van der Waals surface area contributed by atoms with Crippen molar-refractivity contribution >= 4 is 77.5 Å². The van der Waals surface area contributed by atoms with Crippen molar-refractivity contribution in [2.24, 2.45) is 21.7 Å². The lowest BCUT2D eigenvalue weighted by Gasteiger charge is -2.45. The van der Waals surface area contributed by atoms with Crippen molar-refractivity contribution < 1.29 is 0 Å². The summed E-state index contributed by atoms with van der Waals surface area (Å²) in [5.41, 5.74) is 30.2. The lowest BCUT2D eigenvalue weighted by molar-refractivity contribution is 0.411. The molecule has 77 heavy (non-hydrogen) atoms. The second kappa shape index (κ2) is 15.3. The Bertz CT molecular complexity index is 4400. The maximum absolute atomic E-state index is 2.84. The molecule has 0 atom stereocenters. The van der Waals surface area contributed by atoms with E-state index in [9.17, 15) is 0 Å². The first kappa shape index (κ1) is 47.1. The second-order valence-electron chi connectivity index (χ2n) is 29.0. The Morgan fingerprint density at radius 1 is 0.364 bits per heavy atom. The summed E-state index contributed by atoms with van der Waals surface area (Å²) in [6.45, 7) is 31.1. The largest absolute Gasteiger partial charge is 0.310 e. The number of rotatable bonds is 5. The molecule has 3 aliphatic heterocycles. The minimum Gasteiger partial charge on any atom is -0.310 e. The fourth-order valence-electron chi connectivity index (χ4n) is 15.8. The van der Waals surface area contributed by atoms with Gasteiger partial charge >= 0.3 is 0 Å².